The normalized spacial score (nSPS) is 26.7. The van der Waals surface area contributed by atoms with E-state index < -0.39 is 5.60 Å². The highest BCUT2D eigenvalue weighted by molar-refractivity contribution is 5.14. The Labute approximate surface area is 103 Å². The molecule has 2 rings (SSSR count). The molecule has 1 unspecified atom stereocenters. The second-order valence-corrected chi connectivity index (χ2v) is 4.85. The van der Waals surface area contributed by atoms with Crippen LogP contribution in [-0.4, -0.2) is 39.6 Å². The Morgan fingerprint density at radius 1 is 1.29 bits per heavy atom. The average Bonchev–Trinajstić information content (AvgIpc) is 2.55. The van der Waals surface area contributed by atoms with Gasteiger partial charge in [-0.25, -0.2) is 9.97 Å². The number of likely N-dealkylation sites (tertiary alicyclic amines) is 1. The van der Waals surface area contributed by atoms with Crippen LogP contribution >= 0.6 is 0 Å². The van der Waals surface area contributed by atoms with Gasteiger partial charge in [0.1, 0.15) is 6.33 Å². The Hall–Kier alpha value is -1.00. The van der Waals surface area contributed by atoms with Crippen LogP contribution in [0.1, 0.15) is 38.2 Å². The molecule has 1 aromatic rings. The highest BCUT2D eigenvalue weighted by Crippen LogP contribution is 2.31. The molecule has 1 atom stereocenters. The van der Waals surface area contributed by atoms with Crippen LogP contribution in [-0.2, 0) is 5.60 Å². The van der Waals surface area contributed by atoms with Crippen molar-refractivity contribution in [2.24, 2.45) is 0 Å². The highest BCUT2D eigenvalue weighted by atomic mass is 16.3. The van der Waals surface area contributed by atoms with Gasteiger partial charge in [-0.3, -0.25) is 0 Å². The fourth-order valence-corrected chi connectivity index (χ4v) is 2.54. The van der Waals surface area contributed by atoms with Gasteiger partial charge >= 0.3 is 0 Å². The summed E-state index contributed by atoms with van der Waals surface area (Å²) in [7, 11) is 0. The molecule has 1 aliphatic heterocycles. The molecule has 0 radical (unpaired) electrons. The zero-order valence-electron chi connectivity index (χ0n) is 10.5. The molecule has 1 aliphatic rings. The SMILES string of the molecule is CCCN1CCCC(O)(c2cncnc2)CC1. The first-order valence-electron chi connectivity index (χ1n) is 6.45. The molecule has 4 heteroatoms. The molecule has 1 N–H and O–H groups in total. The molecule has 1 fully saturated rings. The molecule has 0 spiro atoms. The molecule has 0 aromatic carbocycles. The van der Waals surface area contributed by atoms with E-state index in [-0.39, 0.29) is 0 Å². The standard InChI is InChI=1S/C13H21N3O/c1-2-6-16-7-3-4-13(17,5-8-16)12-9-14-11-15-10-12/h9-11,17H,2-8H2,1H3. The number of hydrogen-bond acceptors (Lipinski definition) is 4. The third kappa shape index (κ3) is 3.01. The van der Waals surface area contributed by atoms with Crippen LogP contribution in [0.3, 0.4) is 0 Å². The van der Waals surface area contributed by atoms with Crippen molar-refractivity contribution in [2.75, 3.05) is 19.6 Å². The minimum atomic E-state index is -0.732. The lowest BCUT2D eigenvalue weighted by atomic mass is 9.89. The molecule has 94 valence electrons. The van der Waals surface area contributed by atoms with Gasteiger partial charge in [-0.05, 0) is 38.8 Å². The van der Waals surface area contributed by atoms with Crippen molar-refractivity contribution >= 4 is 0 Å². The fraction of sp³-hybridized carbons (Fsp3) is 0.692. The lowest BCUT2D eigenvalue weighted by Gasteiger charge is -2.26. The number of nitrogens with zero attached hydrogens (tertiary/aromatic N) is 3. The molecule has 4 nitrogen and oxygen atoms in total. The Balaban J connectivity index is 2.06. The van der Waals surface area contributed by atoms with Crippen LogP contribution in [0.15, 0.2) is 18.7 Å². The predicted molar refractivity (Wildman–Crippen MR) is 66.5 cm³/mol. The van der Waals surface area contributed by atoms with Crippen LogP contribution in [0.25, 0.3) is 0 Å². The molecule has 2 heterocycles. The summed E-state index contributed by atoms with van der Waals surface area (Å²) in [6.07, 6.45) is 8.77. The van der Waals surface area contributed by atoms with Crippen molar-refractivity contribution in [3.63, 3.8) is 0 Å². The van der Waals surface area contributed by atoms with Gasteiger partial charge in [0.15, 0.2) is 0 Å². The van der Waals surface area contributed by atoms with Crippen molar-refractivity contribution in [2.45, 2.75) is 38.2 Å². The minimum absolute atomic E-state index is 0.732. The van der Waals surface area contributed by atoms with E-state index in [2.05, 4.69) is 21.8 Å². The van der Waals surface area contributed by atoms with Gasteiger partial charge < -0.3 is 10.0 Å². The number of aromatic nitrogens is 2. The van der Waals surface area contributed by atoms with Gasteiger partial charge in [-0.15, -0.1) is 0 Å². The summed E-state index contributed by atoms with van der Waals surface area (Å²) in [6.45, 7) is 5.37. The monoisotopic (exact) mass is 235 g/mol. The van der Waals surface area contributed by atoms with Crippen LogP contribution in [0.2, 0.25) is 0 Å². The quantitative estimate of drug-likeness (QED) is 0.863. The van der Waals surface area contributed by atoms with Gasteiger partial charge in [0, 0.05) is 24.5 Å². The van der Waals surface area contributed by atoms with Crippen LogP contribution in [0.4, 0.5) is 0 Å². The van der Waals surface area contributed by atoms with Gasteiger partial charge in [0.05, 0.1) is 5.60 Å². The third-order valence-electron chi connectivity index (χ3n) is 3.54. The fourth-order valence-electron chi connectivity index (χ4n) is 2.54. The van der Waals surface area contributed by atoms with E-state index in [1.54, 1.807) is 12.4 Å². The second kappa shape index (κ2) is 5.56. The van der Waals surface area contributed by atoms with Gasteiger partial charge in [-0.2, -0.15) is 0 Å². The topological polar surface area (TPSA) is 49.2 Å². The lowest BCUT2D eigenvalue weighted by Crippen LogP contribution is -2.29. The van der Waals surface area contributed by atoms with E-state index in [4.69, 9.17) is 0 Å². The summed E-state index contributed by atoms with van der Waals surface area (Å²) < 4.78 is 0. The van der Waals surface area contributed by atoms with Crippen molar-refractivity contribution in [1.29, 1.82) is 0 Å². The smallest absolute Gasteiger partial charge is 0.115 e. The molecule has 1 saturated heterocycles. The van der Waals surface area contributed by atoms with Gasteiger partial charge in [-0.1, -0.05) is 6.92 Å². The van der Waals surface area contributed by atoms with Crippen LogP contribution in [0.5, 0.6) is 0 Å². The average molecular weight is 235 g/mol. The molecule has 0 bridgehead atoms. The predicted octanol–water partition coefficient (Wildman–Crippen LogP) is 1.56. The summed E-state index contributed by atoms with van der Waals surface area (Å²) in [6, 6.07) is 0. The number of aliphatic hydroxyl groups is 1. The first kappa shape index (κ1) is 12.5. The molecule has 17 heavy (non-hydrogen) atoms. The Morgan fingerprint density at radius 2 is 2.06 bits per heavy atom. The van der Waals surface area contributed by atoms with E-state index in [9.17, 15) is 5.11 Å². The van der Waals surface area contributed by atoms with E-state index in [1.165, 1.54) is 12.7 Å². The van der Waals surface area contributed by atoms with Crippen molar-refractivity contribution in [1.82, 2.24) is 14.9 Å². The molecular formula is C13H21N3O. The van der Waals surface area contributed by atoms with E-state index in [0.717, 1.165) is 44.5 Å². The van der Waals surface area contributed by atoms with E-state index in [0.29, 0.717) is 0 Å². The lowest BCUT2D eigenvalue weighted by molar-refractivity contribution is 0.0205. The first-order chi connectivity index (χ1) is 8.24. The second-order valence-electron chi connectivity index (χ2n) is 4.85. The van der Waals surface area contributed by atoms with Crippen molar-refractivity contribution in [3.8, 4) is 0 Å². The summed E-state index contributed by atoms with van der Waals surface area (Å²) >= 11 is 0. The summed E-state index contributed by atoms with van der Waals surface area (Å²) in [5, 5.41) is 10.7. The zero-order chi connectivity index (χ0) is 12.1. The van der Waals surface area contributed by atoms with Crippen molar-refractivity contribution in [3.05, 3.63) is 24.3 Å². The zero-order valence-corrected chi connectivity index (χ0v) is 10.5. The Bertz CT molecular complexity index is 344. The molecule has 0 aliphatic carbocycles. The maximum Gasteiger partial charge on any atom is 0.115 e. The summed E-state index contributed by atoms with van der Waals surface area (Å²) in [4.78, 5) is 10.4. The third-order valence-corrected chi connectivity index (χ3v) is 3.54. The van der Waals surface area contributed by atoms with Crippen molar-refractivity contribution < 1.29 is 5.11 Å². The van der Waals surface area contributed by atoms with Crippen LogP contribution in [0, 0.1) is 0 Å². The van der Waals surface area contributed by atoms with Gasteiger partial charge in [0.2, 0.25) is 0 Å². The molecule has 1 aromatic heterocycles. The van der Waals surface area contributed by atoms with Gasteiger partial charge in [0.25, 0.3) is 0 Å². The molecular weight excluding hydrogens is 214 g/mol. The highest BCUT2D eigenvalue weighted by Gasteiger charge is 2.32. The number of hydrogen-bond donors (Lipinski definition) is 1. The molecule has 0 amide bonds. The maximum absolute atomic E-state index is 10.7. The maximum atomic E-state index is 10.7. The number of rotatable bonds is 3. The van der Waals surface area contributed by atoms with E-state index >= 15 is 0 Å². The Kier molecular flexibility index (Phi) is 4.07. The van der Waals surface area contributed by atoms with Crippen LogP contribution < -0.4 is 0 Å². The Morgan fingerprint density at radius 3 is 2.76 bits per heavy atom. The minimum Gasteiger partial charge on any atom is -0.385 e. The summed E-state index contributed by atoms with van der Waals surface area (Å²) in [5.74, 6) is 0. The molecule has 0 saturated carbocycles. The largest absolute Gasteiger partial charge is 0.385 e. The first-order valence-corrected chi connectivity index (χ1v) is 6.45. The van der Waals surface area contributed by atoms with E-state index in [1.807, 2.05) is 0 Å². The summed E-state index contributed by atoms with van der Waals surface area (Å²) in [5.41, 5.74) is 0.127.